The summed E-state index contributed by atoms with van der Waals surface area (Å²) in [7, 11) is 0. The second-order valence-electron chi connectivity index (χ2n) is 5.97. The Kier molecular flexibility index (Phi) is 5.69. The fourth-order valence-corrected chi connectivity index (χ4v) is 1.97. The molecule has 0 aliphatic heterocycles. The van der Waals surface area contributed by atoms with Crippen molar-refractivity contribution in [3.8, 4) is 0 Å². The summed E-state index contributed by atoms with van der Waals surface area (Å²) in [6.45, 7) is 6.74. The number of benzene rings is 1. The Balaban J connectivity index is 1.99. The maximum Gasteiger partial charge on any atom is 0.377 e. The molecule has 0 radical (unpaired) electrons. The number of ether oxygens (including phenoxy) is 1. The SMILES string of the molecule is Cc1cc(C(=O)OC(C)C(=O)c2ccc(NC(=O)C(C)C)cc2)on1. The van der Waals surface area contributed by atoms with Crippen LogP contribution in [-0.4, -0.2) is 28.9 Å². The highest BCUT2D eigenvalue weighted by Crippen LogP contribution is 2.14. The lowest BCUT2D eigenvalue weighted by Crippen LogP contribution is -2.24. The minimum atomic E-state index is -0.978. The average molecular weight is 344 g/mol. The second kappa shape index (κ2) is 7.74. The quantitative estimate of drug-likeness (QED) is 0.639. The van der Waals surface area contributed by atoms with Gasteiger partial charge in [0.15, 0.2) is 6.10 Å². The standard InChI is InChI=1S/C18H20N2O5/c1-10(2)17(22)19-14-7-5-13(6-8-14)16(21)12(4)24-18(23)15-9-11(3)20-25-15/h5-10,12H,1-4H3,(H,19,22). The molecule has 1 heterocycles. The van der Waals surface area contributed by atoms with E-state index >= 15 is 0 Å². The van der Waals surface area contributed by atoms with Gasteiger partial charge in [-0.1, -0.05) is 19.0 Å². The summed E-state index contributed by atoms with van der Waals surface area (Å²) in [4.78, 5) is 35.9. The third-order valence-electron chi connectivity index (χ3n) is 3.44. The molecule has 2 rings (SSSR count). The zero-order valence-corrected chi connectivity index (χ0v) is 14.5. The van der Waals surface area contributed by atoms with Crippen LogP contribution in [0.4, 0.5) is 5.69 Å². The molecule has 1 amide bonds. The molecule has 0 spiro atoms. The topological polar surface area (TPSA) is 98.5 Å². The maximum atomic E-state index is 12.3. The Morgan fingerprint density at radius 2 is 1.76 bits per heavy atom. The molecule has 1 unspecified atom stereocenters. The first-order valence-electron chi connectivity index (χ1n) is 7.87. The lowest BCUT2D eigenvalue weighted by atomic mass is 10.1. The van der Waals surface area contributed by atoms with E-state index in [1.165, 1.54) is 13.0 Å². The molecule has 0 fully saturated rings. The molecule has 1 N–H and O–H groups in total. The number of aryl methyl sites for hydroxylation is 1. The van der Waals surface area contributed by atoms with Gasteiger partial charge in [-0.25, -0.2) is 4.79 Å². The van der Waals surface area contributed by atoms with E-state index in [-0.39, 0.29) is 23.4 Å². The smallest absolute Gasteiger partial charge is 0.377 e. The van der Waals surface area contributed by atoms with Crippen LogP contribution >= 0.6 is 0 Å². The van der Waals surface area contributed by atoms with Crippen LogP contribution in [0.1, 0.15) is 47.4 Å². The molecule has 132 valence electrons. The van der Waals surface area contributed by atoms with Crippen molar-refractivity contribution < 1.29 is 23.6 Å². The maximum absolute atomic E-state index is 12.3. The van der Waals surface area contributed by atoms with Crippen LogP contribution in [0, 0.1) is 12.8 Å². The zero-order chi connectivity index (χ0) is 18.6. The molecule has 25 heavy (non-hydrogen) atoms. The van der Waals surface area contributed by atoms with Crippen LogP contribution < -0.4 is 5.32 Å². The molecule has 0 aliphatic rings. The normalized spacial score (nSPS) is 11.9. The second-order valence-corrected chi connectivity index (χ2v) is 5.97. The van der Waals surface area contributed by atoms with Crippen LogP contribution in [0.5, 0.6) is 0 Å². The van der Waals surface area contributed by atoms with Gasteiger partial charge >= 0.3 is 5.97 Å². The zero-order valence-electron chi connectivity index (χ0n) is 14.5. The third-order valence-corrected chi connectivity index (χ3v) is 3.44. The lowest BCUT2D eigenvalue weighted by Gasteiger charge is -2.12. The Labute approximate surface area is 145 Å². The Morgan fingerprint density at radius 1 is 1.12 bits per heavy atom. The Hall–Kier alpha value is -2.96. The van der Waals surface area contributed by atoms with Crippen molar-refractivity contribution in [1.29, 1.82) is 0 Å². The number of esters is 1. The van der Waals surface area contributed by atoms with Gasteiger partial charge in [-0.15, -0.1) is 0 Å². The number of Topliss-reactive ketones (excluding diaryl/α,β-unsaturated/α-hetero) is 1. The number of aromatic nitrogens is 1. The van der Waals surface area contributed by atoms with Gasteiger partial charge in [-0.2, -0.15) is 0 Å². The van der Waals surface area contributed by atoms with Crippen molar-refractivity contribution in [2.24, 2.45) is 5.92 Å². The average Bonchev–Trinajstić information content (AvgIpc) is 3.01. The Bertz CT molecular complexity index is 777. The number of nitrogens with zero attached hydrogens (tertiary/aromatic N) is 1. The van der Waals surface area contributed by atoms with Crippen molar-refractivity contribution in [2.75, 3.05) is 5.32 Å². The number of ketones is 1. The highest BCUT2D eigenvalue weighted by molar-refractivity contribution is 6.01. The number of carbonyl (C=O) groups excluding carboxylic acids is 3. The van der Waals surface area contributed by atoms with E-state index in [1.807, 2.05) is 0 Å². The summed E-state index contributed by atoms with van der Waals surface area (Å²) in [6, 6.07) is 7.83. The molecule has 1 aromatic carbocycles. The van der Waals surface area contributed by atoms with Gasteiger partial charge in [0.1, 0.15) is 0 Å². The predicted molar refractivity (Wildman–Crippen MR) is 90.4 cm³/mol. The van der Waals surface area contributed by atoms with Crippen molar-refractivity contribution in [3.05, 3.63) is 47.3 Å². The minimum absolute atomic E-state index is 0.0519. The summed E-state index contributed by atoms with van der Waals surface area (Å²) in [6.07, 6.45) is -0.978. The van der Waals surface area contributed by atoms with Gasteiger partial charge < -0.3 is 14.6 Å². The van der Waals surface area contributed by atoms with Gasteiger partial charge in [0.05, 0.1) is 5.69 Å². The van der Waals surface area contributed by atoms with E-state index in [2.05, 4.69) is 10.5 Å². The van der Waals surface area contributed by atoms with Crippen LogP contribution in [0.3, 0.4) is 0 Å². The third kappa shape index (κ3) is 4.76. The number of nitrogens with one attached hydrogen (secondary N) is 1. The Morgan fingerprint density at radius 3 is 2.28 bits per heavy atom. The molecule has 2 aromatic rings. The molecule has 7 nitrogen and oxygen atoms in total. The summed E-state index contributed by atoms with van der Waals surface area (Å²) < 4.78 is 9.91. The first kappa shape index (κ1) is 18.4. The molecule has 1 atom stereocenters. The fourth-order valence-electron chi connectivity index (χ4n) is 1.97. The predicted octanol–water partition coefficient (Wildman–Crippen LogP) is 3.01. The molecular weight excluding hydrogens is 324 g/mol. The van der Waals surface area contributed by atoms with E-state index in [0.717, 1.165) is 0 Å². The number of anilines is 1. The number of hydrogen-bond acceptors (Lipinski definition) is 6. The molecule has 0 aliphatic carbocycles. The van der Waals surface area contributed by atoms with E-state index in [1.54, 1.807) is 45.0 Å². The monoisotopic (exact) mass is 344 g/mol. The van der Waals surface area contributed by atoms with E-state index < -0.39 is 12.1 Å². The molecule has 1 aromatic heterocycles. The highest BCUT2D eigenvalue weighted by atomic mass is 16.6. The highest BCUT2D eigenvalue weighted by Gasteiger charge is 2.22. The van der Waals surface area contributed by atoms with Crippen LogP contribution in [0.15, 0.2) is 34.9 Å². The van der Waals surface area contributed by atoms with Gasteiger partial charge in [-0.05, 0) is 38.1 Å². The number of hydrogen-bond donors (Lipinski definition) is 1. The lowest BCUT2D eigenvalue weighted by molar-refractivity contribution is -0.118. The summed E-state index contributed by atoms with van der Waals surface area (Å²) in [5.74, 6) is -1.40. The van der Waals surface area contributed by atoms with Gasteiger partial charge in [0.2, 0.25) is 17.5 Å². The molecule has 0 bridgehead atoms. The van der Waals surface area contributed by atoms with Gasteiger partial charge in [0, 0.05) is 23.2 Å². The van der Waals surface area contributed by atoms with Crippen LogP contribution in [-0.2, 0) is 9.53 Å². The number of rotatable bonds is 6. The van der Waals surface area contributed by atoms with E-state index in [4.69, 9.17) is 9.26 Å². The number of amides is 1. The van der Waals surface area contributed by atoms with Crippen LogP contribution in [0.25, 0.3) is 0 Å². The van der Waals surface area contributed by atoms with E-state index in [9.17, 15) is 14.4 Å². The molecule has 0 saturated heterocycles. The minimum Gasteiger partial charge on any atom is -0.448 e. The largest absolute Gasteiger partial charge is 0.448 e. The molecular formula is C18H20N2O5. The first-order chi connectivity index (χ1) is 11.8. The van der Waals surface area contributed by atoms with Crippen LogP contribution in [0.2, 0.25) is 0 Å². The summed E-state index contributed by atoms with van der Waals surface area (Å²) in [5, 5.41) is 6.34. The number of carbonyl (C=O) groups is 3. The van der Waals surface area contributed by atoms with Gasteiger partial charge in [0.25, 0.3) is 0 Å². The summed E-state index contributed by atoms with van der Waals surface area (Å²) in [5.41, 5.74) is 1.51. The fraction of sp³-hybridized carbons (Fsp3) is 0.333. The molecule has 0 saturated carbocycles. The van der Waals surface area contributed by atoms with Crippen molar-refractivity contribution in [3.63, 3.8) is 0 Å². The van der Waals surface area contributed by atoms with E-state index in [0.29, 0.717) is 16.9 Å². The first-order valence-corrected chi connectivity index (χ1v) is 7.87. The van der Waals surface area contributed by atoms with Gasteiger partial charge in [-0.3, -0.25) is 9.59 Å². The summed E-state index contributed by atoms with van der Waals surface area (Å²) >= 11 is 0. The molecule has 7 heteroatoms. The van der Waals surface area contributed by atoms with Crippen molar-refractivity contribution >= 4 is 23.3 Å². The van der Waals surface area contributed by atoms with Crippen molar-refractivity contribution in [1.82, 2.24) is 5.16 Å². The van der Waals surface area contributed by atoms with Crippen molar-refractivity contribution in [2.45, 2.75) is 33.8 Å².